The fourth-order valence-corrected chi connectivity index (χ4v) is 1.98. The molecule has 1 saturated heterocycles. The maximum absolute atomic E-state index is 9.94. The molecule has 1 aromatic carbocycles. The zero-order valence-electron chi connectivity index (χ0n) is 9.95. The van der Waals surface area contributed by atoms with Gasteiger partial charge in [0.15, 0.2) is 6.29 Å². The van der Waals surface area contributed by atoms with Crippen LogP contribution in [0.15, 0.2) is 43.0 Å². The molecule has 1 fully saturated rings. The molecule has 1 N–H and O–H groups in total. The van der Waals surface area contributed by atoms with Crippen molar-refractivity contribution in [2.75, 3.05) is 0 Å². The summed E-state index contributed by atoms with van der Waals surface area (Å²) in [7, 11) is 0. The molecule has 0 aliphatic carbocycles. The second kappa shape index (κ2) is 5.45. The number of ether oxygens (including phenoxy) is 2. The van der Waals surface area contributed by atoms with Gasteiger partial charge in [-0.1, -0.05) is 36.4 Å². The standard InChI is InChI=1S/C14H18O3/c1-3-7-12-13(15)10(2)16-14(17-12)11-8-5-4-6-9-11/h3-6,8-10,12-15H,1,7H2,2H3/t10-,12+,13+,14-/m1/s1. The van der Waals surface area contributed by atoms with E-state index in [4.69, 9.17) is 9.47 Å². The molecule has 0 aromatic heterocycles. The Hall–Kier alpha value is -1.16. The van der Waals surface area contributed by atoms with Crippen LogP contribution in [0, 0.1) is 0 Å². The van der Waals surface area contributed by atoms with Crippen molar-refractivity contribution >= 4 is 0 Å². The highest BCUT2D eigenvalue weighted by Gasteiger charge is 2.35. The normalized spacial score (nSPS) is 33.3. The van der Waals surface area contributed by atoms with Crippen molar-refractivity contribution in [1.29, 1.82) is 0 Å². The zero-order chi connectivity index (χ0) is 12.3. The highest BCUT2D eigenvalue weighted by atomic mass is 16.7. The molecule has 1 aliphatic rings. The second-order valence-electron chi connectivity index (χ2n) is 4.27. The lowest BCUT2D eigenvalue weighted by molar-refractivity contribution is -0.283. The Kier molecular flexibility index (Phi) is 3.94. The quantitative estimate of drug-likeness (QED) is 0.816. The average Bonchev–Trinajstić information content (AvgIpc) is 2.36. The van der Waals surface area contributed by atoms with Gasteiger partial charge in [-0.3, -0.25) is 0 Å². The van der Waals surface area contributed by atoms with Crippen LogP contribution < -0.4 is 0 Å². The number of rotatable bonds is 3. The van der Waals surface area contributed by atoms with Crippen molar-refractivity contribution in [2.45, 2.75) is 37.9 Å². The van der Waals surface area contributed by atoms with Crippen molar-refractivity contribution < 1.29 is 14.6 Å². The van der Waals surface area contributed by atoms with Gasteiger partial charge in [-0.15, -0.1) is 6.58 Å². The molecule has 92 valence electrons. The van der Waals surface area contributed by atoms with Crippen molar-refractivity contribution in [3.05, 3.63) is 48.6 Å². The minimum absolute atomic E-state index is 0.237. The predicted molar refractivity (Wildman–Crippen MR) is 65.4 cm³/mol. The van der Waals surface area contributed by atoms with Gasteiger partial charge in [-0.25, -0.2) is 0 Å². The summed E-state index contributed by atoms with van der Waals surface area (Å²) in [6.45, 7) is 5.54. The molecule has 0 radical (unpaired) electrons. The Labute approximate surface area is 102 Å². The van der Waals surface area contributed by atoms with E-state index in [0.29, 0.717) is 6.42 Å². The Balaban J connectivity index is 2.13. The van der Waals surface area contributed by atoms with Crippen molar-refractivity contribution in [1.82, 2.24) is 0 Å². The molecule has 3 heteroatoms. The van der Waals surface area contributed by atoms with E-state index >= 15 is 0 Å². The van der Waals surface area contributed by atoms with E-state index in [1.165, 1.54) is 0 Å². The Morgan fingerprint density at radius 2 is 2.00 bits per heavy atom. The molecule has 17 heavy (non-hydrogen) atoms. The summed E-state index contributed by atoms with van der Waals surface area (Å²) in [4.78, 5) is 0. The third kappa shape index (κ3) is 2.75. The summed E-state index contributed by atoms with van der Waals surface area (Å²) in [6, 6.07) is 9.76. The van der Waals surface area contributed by atoms with E-state index < -0.39 is 12.4 Å². The zero-order valence-corrected chi connectivity index (χ0v) is 9.95. The van der Waals surface area contributed by atoms with Crippen LogP contribution in [0.1, 0.15) is 25.2 Å². The minimum Gasteiger partial charge on any atom is -0.388 e. The third-order valence-corrected chi connectivity index (χ3v) is 2.97. The highest BCUT2D eigenvalue weighted by molar-refractivity contribution is 5.16. The first-order valence-electron chi connectivity index (χ1n) is 5.87. The van der Waals surface area contributed by atoms with Gasteiger partial charge in [0.25, 0.3) is 0 Å². The maximum Gasteiger partial charge on any atom is 0.184 e. The van der Waals surface area contributed by atoms with Gasteiger partial charge in [-0.05, 0) is 13.3 Å². The van der Waals surface area contributed by atoms with Crippen molar-refractivity contribution in [3.63, 3.8) is 0 Å². The largest absolute Gasteiger partial charge is 0.388 e. The summed E-state index contributed by atoms with van der Waals surface area (Å²) in [5.74, 6) is 0. The SMILES string of the molecule is C=CC[C@@H]1O[C@H](c2ccccc2)O[C@H](C)[C@@H]1O. The summed E-state index contributed by atoms with van der Waals surface area (Å²) >= 11 is 0. The van der Waals surface area contributed by atoms with Crippen LogP contribution in [-0.4, -0.2) is 23.4 Å². The molecule has 3 nitrogen and oxygen atoms in total. The van der Waals surface area contributed by atoms with Gasteiger partial charge in [0.05, 0.1) is 12.2 Å². The van der Waals surface area contributed by atoms with E-state index in [-0.39, 0.29) is 12.2 Å². The second-order valence-corrected chi connectivity index (χ2v) is 4.27. The number of aliphatic hydroxyl groups is 1. The van der Waals surface area contributed by atoms with E-state index in [1.54, 1.807) is 6.08 Å². The van der Waals surface area contributed by atoms with E-state index in [1.807, 2.05) is 37.3 Å². The molecule has 1 aromatic rings. The number of benzene rings is 1. The Bertz CT molecular complexity index is 363. The lowest BCUT2D eigenvalue weighted by atomic mass is 10.0. The summed E-state index contributed by atoms with van der Waals surface area (Å²) in [5, 5.41) is 9.94. The smallest absolute Gasteiger partial charge is 0.184 e. The fourth-order valence-electron chi connectivity index (χ4n) is 1.98. The van der Waals surface area contributed by atoms with Crippen LogP contribution in [0.25, 0.3) is 0 Å². The molecular weight excluding hydrogens is 216 g/mol. The molecule has 0 amide bonds. The molecule has 0 unspecified atom stereocenters. The predicted octanol–water partition coefficient (Wildman–Crippen LogP) is 2.43. The van der Waals surface area contributed by atoms with E-state index in [9.17, 15) is 5.11 Å². The topological polar surface area (TPSA) is 38.7 Å². The molecule has 0 bridgehead atoms. The van der Waals surface area contributed by atoms with Gasteiger partial charge in [0, 0.05) is 5.56 Å². The first-order valence-corrected chi connectivity index (χ1v) is 5.87. The molecule has 1 heterocycles. The van der Waals surface area contributed by atoms with Gasteiger partial charge in [0.2, 0.25) is 0 Å². The molecule has 1 aliphatic heterocycles. The first kappa shape index (κ1) is 12.3. The van der Waals surface area contributed by atoms with Crippen LogP contribution in [-0.2, 0) is 9.47 Å². The molecule has 0 saturated carbocycles. The molecule has 2 rings (SSSR count). The van der Waals surface area contributed by atoms with Gasteiger partial charge in [0.1, 0.15) is 6.10 Å². The highest BCUT2D eigenvalue weighted by Crippen LogP contribution is 2.31. The lowest BCUT2D eigenvalue weighted by Crippen LogP contribution is -2.45. The average molecular weight is 234 g/mol. The lowest BCUT2D eigenvalue weighted by Gasteiger charge is -2.38. The van der Waals surface area contributed by atoms with E-state index in [2.05, 4.69) is 6.58 Å². The first-order chi connectivity index (χ1) is 8.22. The van der Waals surface area contributed by atoms with Crippen LogP contribution in [0.3, 0.4) is 0 Å². The van der Waals surface area contributed by atoms with Crippen molar-refractivity contribution in [2.24, 2.45) is 0 Å². The van der Waals surface area contributed by atoms with Crippen LogP contribution >= 0.6 is 0 Å². The van der Waals surface area contributed by atoms with Crippen molar-refractivity contribution in [3.8, 4) is 0 Å². The van der Waals surface area contributed by atoms with Gasteiger partial charge in [-0.2, -0.15) is 0 Å². The fraction of sp³-hybridized carbons (Fsp3) is 0.429. The minimum atomic E-state index is -0.604. The Morgan fingerprint density at radius 1 is 1.29 bits per heavy atom. The Morgan fingerprint density at radius 3 is 2.65 bits per heavy atom. The van der Waals surface area contributed by atoms with Crippen LogP contribution in [0.2, 0.25) is 0 Å². The summed E-state index contributed by atoms with van der Waals surface area (Å²) < 4.78 is 11.4. The molecular formula is C14H18O3. The van der Waals surface area contributed by atoms with E-state index in [0.717, 1.165) is 5.56 Å². The van der Waals surface area contributed by atoms with Gasteiger partial charge >= 0.3 is 0 Å². The molecule has 0 spiro atoms. The van der Waals surface area contributed by atoms with Gasteiger partial charge < -0.3 is 14.6 Å². The number of hydrogen-bond acceptors (Lipinski definition) is 3. The van der Waals surface area contributed by atoms with Crippen LogP contribution in [0.5, 0.6) is 0 Å². The van der Waals surface area contributed by atoms with Crippen LogP contribution in [0.4, 0.5) is 0 Å². The number of hydrogen-bond donors (Lipinski definition) is 1. The molecule has 4 atom stereocenters. The monoisotopic (exact) mass is 234 g/mol. The summed E-state index contributed by atoms with van der Waals surface area (Å²) in [5.41, 5.74) is 0.973. The maximum atomic E-state index is 9.94. The summed E-state index contributed by atoms with van der Waals surface area (Å²) in [6.07, 6.45) is 0.888. The number of aliphatic hydroxyl groups excluding tert-OH is 1. The third-order valence-electron chi connectivity index (χ3n) is 2.97.